The van der Waals surface area contributed by atoms with Crippen LogP contribution >= 0.6 is 0 Å². The van der Waals surface area contributed by atoms with Crippen molar-refractivity contribution in [2.24, 2.45) is 0 Å². The van der Waals surface area contributed by atoms with Gasteiger partial charge in [-0.05, 0) is 24.3 Å². The fraction of sp³-hybridized carbons (Fsp3) is 0. The molecule has 3 aromatic carbocycles. The minimum absolute atomic E-state index is 0.0249. The number of nitro groups is 1. The summed E-state index contributed by atoms with van der Waals surface area (Å²) in [6.07, 6.45) is 0. The summed E-state index contributed by atoms with van der Waals surface area (Å²) in [7, 11) is -0.712. The van der Waals surface area contributed by atoms with Crippen molar-refractivity contribution in [1.29, 1.82) is 0 Å². The van der Waals surface area contributed by atoms with Gasteiger partial charge in [-0.25, -0.2) is 0 Å². The lowest BCUT2D eigenvalue weighted by molar-refractivity contribution is -0.384. The third kappa shape index (κ3) is 3.92. The molecule has 118 valence electrons. The van der Waals surface area contributed by atoms with E-state index in [0.717, 1.165) is 0 Å². The van der Waals surface area contributed by atoms with E-state index in [9.17, 15) is 10.1 Å². The summed E-state index contributed by atoms with van der Waals surface area (Å²) in [6.45, 7) is 0. The zero-order valence-corrected chi connectivity index (χ0v) is 12.7. The van der Waals surface area contributed by atoms with Gasteiger partial charge in [-0.15, -0.1) is 0 Å². The molecule has 0 heterocycles. The Kier molecular flexibility index (Phi) is 4.77. The summed E-state index contributed by atoms with van der Waals surface area (Å²) in [5.41, 5.74) is 0.713. The third-order valence-corrected chi connectivity index (χ3v) is 3.35. The van der Waals surface area contributed by atoms with Gasteiger partial charge >= 0.3 is 7.12 Å². The summed E-state index contributed by atoms with van der Waals surface area (Å²) < 4.78 is 11.8. The summed E-state index contributed by atoms with van der Waals surface area (Å²) >= 11 is 0. The van der Waals surface area contributed by atoms with Gasteiger partial charge in [-0.1, -0.05) is 48.5 Å². The molecule has 0 unspecified atom stereocenters. The topological polar surface area (TPSA) is 61.6 Å². The standard InChI is InChI=1S/C18H14BNO4/c21-20(22)16-13-11-15(12-14-16)19(23-17-7-3-1-4-8-17)24-18-9-5-2-6-10-18/h1-14H. The summed E-state index contributed by atoms with van der Waals surface area (Å²) in [5.74, 6) is 1.30. The second-order valence-corrected chi connectivity index (χ2v) is 5.04. The molecule has 6 heteroatoms. The van der Waals surface area contributed by atoms with Crippen LogP contribution in [0.25, 0.3) is 0 Å². The van der Waals surface area contributed by atoms with Crippen LogP contribution in [0.15, 0.2) is 84.9 Å². The van der Waals surface area contributed by atoms with Gasteiger partial charge in [-0.2, -0.15) is 0 Å². The number of rotatable bonds is 6. The highest BCUT2D eigenvalue weighted by atomic mass is 16.6. The number of benzene rings is 3. The quantitative estimate of drug-likeness (QED) is 0.397. The van der Waals surface area contributed by atoms with Crippen molar-refractivity contribution in [2.75, 3.05) is 0 Å². The Morgan fingerprint density at radius 1 is 0.708 bits per heavy atom. The molecule has 0 aliphatic rings. The van der Waals surface area contributed by atoms with E-state index in [1.165, 1.54) is 12.1 Å². The number of nitrogens with zero attached hydrogens (tertiary/aromatic N) is 1. The van der Waals surface area contributed by atoms with Crippen molar-refractivity contribution in [2.45, 2.75) is 0 Å². The molecule has 0 N–H and O–H groups in total. The molecule has 24 heavy (non-hydrogen) atoms. The number of hydrogen-bond acceptors (Lipinski definition) is 4. The maximum Gasteiger partial charge on any atom is 0.632 e. The summed E-state index contributed by atoms with van der Waals surface area (Å²) in [4.78, 5) is 10.4. The maximum absolute atomic E-state index is 10.8. The molecule has 5 nitrogen and oxygen atoms in total. The van der Waals surface area contributed by atoms with E-state index in [-0.39, 0.29) is 5.69 Å². The predicted octanol–water partition coefficient (Wildman–Crippen LogP) is 3.45. The molecule has 0 aliphatic heterocycles. The summed E-state index contributed by atoms with van der Waals surface area (Å²) in [5, 5.41) is 10.8. The zero-order valence-electron chi connectivity index (χ0n) is 12.7. The first-order valence-corrected chi connectivity index (χ1v) is 7.40. The van der Waals surface area contributed by atoms with Gasteiger partial charge in [0.25, 0.3) is 5.69 Å². The van der Waals surface area contributed by atoms with Crippen molar-refractivity contribution in [3.05, 3.63) is 95.0 Å². The average Bonchev–Trinajstić information content (AvgIpc) is 2.63. The van der Waals surface area contributed by atoms with Crippen LogP contribution in [0, 0.1) is 10.1 Å². The monoisotopic (exact) mass is 319 g/mol. The number of nitro benzene ring substituents is 1. The molecular formula is C18H14BNO4. The van der Waals surface area contributed by atoms with E-state index in [1.54, 1.807) is 12.1 Å². The van der Waals surface area contributed by atoms with Gasteiger partial charge in [0.2, 0.25) is 0 Å². The Morgan fingerprint density at radius 3 is 1.58 bits per heavy atom. The van der Waals surface area contributed by atoms with Crippen LogP contribution in [0.1, 0.15) is 0 Å². The Bertz CT molecular complexity index is 753. The highest BCUT2D eigenvalue weighted by molar-refractivity contribution is 6.62. The van der Waals surface area contributed by atoms with E-state index in [4.69, 9.17) is 9.31 Å². The van der Waals surface area contributed by atoms with Crippen molar-refractivity contribution >= 4 is 18.3 Å². The molecule has 0 aromatic heterocycles. The normalized spacial score (nSPS) is 10.0. The predicted molar refractivity (Wildman–Crippen MR) is 92.6 cm³/mol. The number of para-hydroxylation sites is 2. The Morgan fingerprint density at radius 2 is 1.17 bits per heavy atom. The van der Waals surface area contributed by atoms with Crippen LogP contribution in [0.2, 0.25) is 0 Å². The van der Waals surface area contributed by atoms with Crippen LogP contribution in [-0.4, -0.2) is 12.0 Å². The molecule has 0 saturated heterocycles. The second-order valence-electron chi connectivity index (χ2n) is 5.04. The van der Waals surface area contributed by atoms with Gasteiger partial charge in [0, 0.05) is 17.6 Å². The van der Waals surface area contributed by atoms with Crippen LogP contribution < -0.4 is 14.8 Å². The van der Waals surface area contributed by atoms with Crippen LogP contribution in [0.4, 0.5) is 5.69 Å². The number of non-ortho nitro benzene ring substituents is 1. The molecule has 0 fully saturated rings. The van der Waals surface area contributed by atoms with Crippen molar-refractivity contribution in [1.82, 2.24) is 0 Å². The van der Waals surface area contributed by atoms with E-state index >= 15 is 0 Å². The van der Waals surface area contributed by atoms with Crippen molar-refractivity contribution in [3.8, 4) is 11.5 Å². The molecule has 0 radical (unpaired) electrons. The molecule has 3 aromatic rings. The van der Waals surface area contributed by atoms with Crippen LogP contribution in [0.3, 0.4) is 0 Å². The summed E-state index contributed by atoms with van der Waals surface area (Å²) in [6, 6.07) is 24.7. The largest absolute Gasteiger partial charge is 0.632 e. The molecule has 3 rings (SSSR count). The average molecular weight is 319 g/mol. The van der Waals surface area contributed by atoms with Crippen LogP contribution in [0.5, 0.6) is 11.5 Å². The van der Waals surface area contributed by atoms with Gasteiger partial charge < -0.3 is 9.31 Å². The first kappa shape index (κ1) is 15.6. The molecule has 0 spiro atoms. The SMILES string of the molecule is O=[N+]([O-])c1ccc(B(Oc2ccccc2)Oc2ccccc2)cc1. The highest BCUT2D eigenvalue weighted by Crippen LogP contribution is 2.15. The third-order valence-electron chi connectivity index (χ3n) is 3.35. The molecule has 0 bridgehead atoms. The maximum atomic E-state index is 10.8. The smallest absolute Gasteiger partial charge is 0.522 e. The minimum Gasteiger partial charge on any atom is -0.522 e. The van der Waals surface area contributed by atoms with E-state index < -0.39 is 12.0 Å². The lowest BCUT2D eigenvalue weighted by Crippen LogP contribution is -2.42. The molecule has 0 amide bonds. The minimum atomic E-state index is -0.712. The highest BCUT2D eigenvalue weighted by Gasteiger charge is 2.27. The lowest BCUT2D eigenvalue weighted by Gasteiger charge is -2.16. The molecule has 0 aliphatic carbocycles. The van der Waals surface area contributed by atoms with Gasteiger partial charge in [0.1, 0.15) is 11.5 Å². The zero-order chi connectivity index (χ0) is 16.8. The Balaban J connectivity index is 1.87. The molecule has 0 saturated carbocycles. The van der Waals surface area contributed by atoms with Crippen LogP contribution in [-0.2, 0) is 0 Å². The van der Waals surface area contributed by atoms with E-state index in [1.807, 2.05) is 60.7 Å². The lowest BCUT2D eigenvalue weighted by atomic mass is 9.78. The van der Waals surface area contributed by atoms with E-state index in [2.05, 4.69) is 0 Å². The second kappa shape index (κ2) is 7.33. The van der Waals surface area contributed by atoms with Crippen molar-refractivity contribution in [3.63, 3.8) is 0 Å². The first-order valence-electron chi connectivity index (χ1n) is 7.40. The Labute approximate surface area is 139 Å². The fourth-order valence-corrected chi connectivity index (χ4v) is 2.16. The Hall–Kier alpha value is -3.28. The van der Waals surface area contributed by atoms with E-state index in [0.29, 0.717) is 17.0 Å². The van der Waals surface area contributed by atoms with Gasteiger partial charge in [-0.3, -0.25) is 10.1 Å². The molecule has 0 atom stereocenters. The fourth-order valence-electron chi connectivity index (χ4n) is 2.16. The number of hydrogen-bond donors (Lipinski definition) is 0. The van der Waals surface area contributed by atoms with Gasteiger partial charge in [0.05, 0.1) is 4.92 Å². The van der Waals surface area contributed by atoms with Crippen molar-refractivity contribution < 1.29 is 14.2 Å². The molecular weight excluding hydrogens is 305 g/mol. The first-order chi connectivity index (χ1) is 11.7. The van der Waals surface area contributed by atoms with Gasteiger partial charge in [0.15, 0.2) is 0 Å².